The Labute approximate surface area is 150 Å². The quantitative estimate of drug-likeness (QED) is 0.910. The number of aryl methyl sites for hydroxylation is 2. The van der Waals surface area contributed by atoms with Gasteiger partial charge in [0.2, 0.25) is 0 Å². The molecule has 5 heteroatoms. The summed E-state index contributed by atoms with van der Waals surface area (Å²) in [6.07, 6.45) is 1.56. The van der Waals surface area contributed by atoms with E-state index in [1.165, 1.54) is 10.5 Å². The molecule has 1 fully saturated rings. The van der Waals surface area contributed by atoms with Crippen LogP contribution in [-0.2, 0) is 12.8 Å². The van der Waals surface area contributed by atoms with Gasteiger partial charge in [0.25, 0.3) is 5.91 Å². The maximum absolute atomic E-state index is 13.2. The van der Waals surface area contributed by atoms with Gasteiger partial charge in [-0.25, -0.2) is 4.68 Å². The van der Waals surface area contributed by atoms with Crippen molar-refractivity contribution in [2.75, 3.05) is 33.2 Å². The van der Waals surface area contributed by atoms with E-state index in [0.717, 1.165) is 61.7 Å². The van der Waals surface area contributed by atoms with Crippen LogP contribution in [0, 0.1) is 6.92 Å². The van der Waals surface area contributed by atoms with Crippen molar-refractivity contribution in [2.24, 2.45) is 0 Å². The molecular weight excluding hydrogens is 312 g/mol. The van der Waals surface area contributed by atoms with Crippen LogP contribution >= 0.6 is 0 Å². The van der Waals surface area contributed by atoms with Crippen LogP contribution in [0.15, 0.2) is 24.3 Å². The molecule has 0 spiro atoms. The number of hydrogen-bond donors (Lipinski definition) is 1. The lowest BCUT2D eigenvalue weighted by Crippen LogP contribution is -3.12. The summed E-state index contributed by atoms with van der Waals surface area (Å²) in [7, 11) is 2.19. The maximum Gasteiger partial charge on any atom is 0.258 e. The Morgan fingerprint density at radius 2 is 1.76 bits per heavy atom. The Kier molecular flexibility index (Phi) is 5.23. The van der Waals surface area contributed by atoms with Crippen LogP contribution in [0.4, 0.5) is 0 Å². The molecule has 0 saturated carbocycles. The summed E-state index contributed by atoms with van der Waals surface area (Å²) in [5.74, 6) is 0.152. The molecule has 1 amide bonds. The SMILES string of the molecule is CCc1nn(-c2ccc(C)cc2)c(CC)c1C(=O)N1CC[NH+](C)CC1. The number of hydrogen-bond acceptors (Lipinski definition) is 2. The molecule has 25 heavy (non-hydrogen) atoms. The number of carbonyl (C=O) groups is 1. The zero-order valence-corrected chi connectivity index (χ0v) is 15.8. The van der Waals surface area contributed by atoms with Crippen LogP contribution in [0.25, 0.3) is 5.69 Å². The van der Waals surface area contributed by atoms with Gasteiger partial charge >= 0.3 is 0 Å². The van der Waals surface area contributed by atoms with Crippen molar-refractivity contribution < 1.29 is 9.69 Å². The Balaban J connectivity index is 2.00. The number of amides is 1. The Morgan fingerprint density at radius 1 is 1.12 bits per heavy atom. The van der Waals surface area contributed by atoms with Crippen LogP contribution in [0.5, 0.6) is 0 Å². The Morgan fingerprint density at radius 3 is 2.32 bits per heavy atom. The summed E-state index contributed by atoms with van der Waals surface area (Å²) < 4.78 is 1.97. The molecule has 1 aliphatic heterocycles. The Hall–Kier alpha value is -2.14. The lowest BCUT2D eigenvalue weighted by Gasteiger charge is -2.30. The zero-order valence-electron chi connectivity index (χ0n) is 15.8. The van der Waals surface area contributed by atoms with Crippen LogP contribution < -0.4 is 4.90 Å². The van der Waals surface area contributed by atoms with Crippen LogP contribution in [0.2, 0.25) is 0 Å². The van der Waals surface area contributed by atoms with E-state index in [1.807, 2.05) is 9.58 Å². The van der Waals surface area contributed by atoms with Gasteiger partial charge in [-0.1, -0.05) is 31.5 Å². The topological polar surface area (TPSA) is 42.6 Å². The lowest BCUT2D eigenvalue weighted by molar-refractivity contribution is -0.883. The van der Waals surface area contributed by atoms with Crippen molar-refractivity contribution in [2.45, 2.75) is 33.6 Å². The van der Waals surface area contributed by atoms with Gasteiger partial charge in [0.1, 0.15) is 0 Å². The number of carbonyl (C=O) groups excluding carboxylic acids is 1. The van der Waals surface area contributed by atoms with Crippen molar-refractivity contribution in [3.05, 3.63) is 46.8 Å². The second kappa shape index (κ2) is 7.40. The minimum absolute atomic E-state index is 0.152. The van der Waals surface area contributed by atoms with Gasteiger partial charge in [-0.2, -0.15) is 5.10 Å². The molecule has 1 aromatic heterocycles. The third-order valence-corrected chi connectivity index (χ3v) is 5.12. The number of likely N-dealkylation sites (N-methyl/N-ethyl adjacent to an activating group) is 1. The summed E-state index contributed by atoms with van der Waals surface area (Å²) in [4.78, 5) is 16.7. The summed E-state index contributed by atoms with van der Waals surface area (Å²) in [6, 6.07) is 8.34. The van der Waals surface area contributed by atoms with Gasteiger partial charge in [-0.3, -0.25) is 4.79 Å². The molecule has 0 bridgehead atoms. The number of nitrogens with one attached hydrogen (secondary N) is 1. The first-order valence-electron chi connectivity index (χ1n) is 9.33. The van der Waals surface area contributed by atoms with Crippen LogP contribution in [-0.4, -0.2) is 53.8 Å². The van der Waals surface area contributed by atoms with Crippen molar-refractivity contribution in [3.8, 4) is 5.69 Å². The number of quaternary nitrogens is 1. The highest BCUT2D eigenvalue weighted by Gasteiger charge is 2.29. The molecule has 1 aromatic carbocycles. The monoisotopic (exact) mass is 341 g/mol. The molecule has 2 heterocycles. The fourth-order valence-corrected chi connectivity index (χ4v) is 3.47. The molecule has 134 valence electrons. The number of piperazine rings is 1. The highest BCUT2D eigenvalue weighted by molar-refractivity contribution is 5.96. The first kappa shape index (κ1) is 17.7. The summed E-state index contributed by atoms with van der Waals surface area (Å²) in [5.41, 5.74) is 5.01. The van der Waals surface area contributed by atoms with E-state index in [4.69, 9.17) is 5.10 Å². The number of aromatic nitrogens is 2. The minimum Gasteiger partial charge on any atom is -0.334 e. The molecule has 5 nitrogen and oxygen atoms in total. The smallest absolute Gasteiger partial charge is 0.258 e. The fraction of sp³-hybridized carbons (Fsp3) is 0.500. The van der Waals surface area contributed by atoms with Crippen molar-refractivity contribution >= 4 is 5.91 Å². The summed E-state index contributed by atoms with van der Waals surface area (Å²) in [5, 5.41) is 4.79. The van der Waals surface area contributed by atoms with E-state index in [2.05, 4.69) is 52.1 Å². The molecule has 1 saturated heterocycles. The van der Waals surface area contributed by atoms with E-state index in [-0.39, 0.29) is 5.91 Å². The van der Waals surface area contributed by atoms with Gasteiger partial charge in [0.05, 0.1) is 55.9 Å². The van der Waals surface area contributed by atoms with Crippen LogP contribution in [0.1, 0.15) is 41.2 Å². The molecule has 0 radical (unpaired) electrons. The van der Waals surface area contributed by atoms with E-state index < -0.39 is 0 Å². The van der Waals surface area contributed by atoms with Gasteiger partial charge in [-0.05, 0) is 31.9 Å². The van der Waals surface area contributed by atoms with Crippen molar-refractivity contribution in [1.29, 1.82) is 0 Å². The highest BCUT2D eigenvalue weighted by Crippen LogP contribution is 2.22. The third kappa shape index (κ3) is 3.47. The normalized spacial score (nSPS) is 15.6. The third-order valence-electron chi connectivity index (χ3n) is 5.12. The number of rotatable bonds is 4. The average Bonchev–Trinajstić information content (AvgIpc) is 3.01. The zero-order chi connectivity index (χ0) is 18.0. The fourth-order valence-electron chi connectivity index (χ4n) is 3.47. The van der Waals surface area contributed by atoms with Gasteiger partial charge in [0, 0.05) is 0 Å². The summed E-state index contributed by atoms with van der Waals surface area (Å²) in [6.45, 7) is 9.94. The second-order valence-electron chi connectivity index (χ2n) is 6.97. The van der Waals surface area contributed by atoms with Crippen molar-refractivity contribution in [1.82, 2.24) is 14.7 Å². The lowest BCUT2D eigenvalue weighted by atomic mass is 10.1. The number of nitrogens with zero attached hydrogens (tertiary/aromatic N) is 3. The molecule has 3 rings (SSSR count). The standard InChI is InChI=1S/C20H28N4O/c1-5-17-19(20(25)23-13-11-22(4)12-14-23)18(6-2)24(21-17)16-9-7-15(3)8-10-16/h7-10H,5-6,11-14H2,1-4H3/p+1. The van der Waals surface area contributed by atoms with E-state index >= 15 is 0 Å². The summed E-state index contributed by atoms with van der Waals surface area (Å²) >= 11 is 0. The average molecular weight is 341 g/mol. The molecule has 1 aliphatic rings. The largest absolute Gasteiger partial charge is 0.334 e. The van der Waals surface area contributed by atoms with Crippen molar-refractivity contribution in [3.63, 3.8) is 0 Å². The van der Waals surface area contributed by atoms with E-state index in [9.17, 15) is 4.79 Å². The minimum atomic E-state index is 0.152. The predicted octanol–water partition coefficient (Wildman–Crippen LogP) is 1.28. The first-order chi connectivity index (χ1) is 12.0. The molecule has 0 atom stereocenters. The van der Waals surface area contributed by atoms with Crippen LogP contribution in [0.3, 0.4) is 0 Å². The Bertz CT molecular complexity index is 740. The van der Waals surface area contributed by atoms with Gasteiger partial charge in [-0.15, -0.1) is 0 Å². The number of benzene rings is 1. The van der Waals surface area contributed by atoms with E-state index in [0.29, 0.717) is 0 Å². The predicted molar refractivity (Wildman–Crippen MR) is 99.6 cm³/mol. The highest BCUT2D eigenvalue weighted by atomic mass is 16.2. The first-order valence-corrected chi connectivity index (χ1v) is 9.33. The maximum atomic E-state index is 13.2. The van der Waals surface area contributed by atoms with Gasteiger partial charge in [0.15, 0.2) is 0 Å². The second-order valence-corrected chi connectivity index (χ2v) is 6.97. The van der Waals surface area contributed by atoms with E-state index in [1.54, 1.807) is 0 Å². The molecule has 1 N–H and O–H groups in total. The van der Waals surface area contributed by atoms with Gasteiger partial charge < -0.3 is 9.80 Å². The molecule has 0 unspecified atom stereocenters. The molecular formula is C20H29N4O+. The molecule has 2 aromatic rings. The molecule has 0 aliphatic carbocycles.